The van der Waals surface area contributed by atoms with Crippen molar-refractivity contribution in [3.05, 3.63) is 125 Å². The van der Waals surface area contributed by atoms with Crippen molar-refractivity contribution in [1.29, 1.82) is 0 Å². The Balaban J connectivity index is 0.000000477. The van der Waals surface area contributed by atoms with Crippen LogP contribution in [0.25, 0.3) is 34.0 Å². The zero-order valence-electron chi connectivity index (χ0n) is 73.5. The van der Waals surface area contributed by atoms with Gasteiger partial charge in [-0.3, -0.25) is 68.4 Å². The fraction of sp³-hybridized carbons (Fsp3) is 0.517. The highest BCUT2D eigenvalue weighted by Crippen LogP contribution is 2.33. The summed E-state index contributed by atoms with van der Waals surface area (Å²) in [5.41, 5.74) is 7.13. The first-order chi connectivity index (χ1) is 58.1. The van der Waals surface area contributed by atoms with Gasteiger partial charge in [-0.1, -0.05) is 99.3 Å². The Labute approximate surface area is 719 Å². The zero-order valence-corrected chi connectivity index (χ0v) is 73.5. The van der Waals surface area contributed by atoms with Crippen molar-refractivity contribution in [3.63, 3.8) is 0 Å². The summed E-state index contributed by atoms with van der Waals surface area (Å²) in [5, 5.41) is 60.2. The maximum absolute atomic E-state index is 13.0. The number of ether oxygens (including phenoxy) is 3. The third-order valence-electron chi connectivity index (χ3n) is 19.9. The van der Waals surface area contributed by atoms with Crippen molar-refractivity contribution >= 4 is 70.9 Å². The van der Waals surface area contributed by atoms with Crippen molar-refractivity contribution < 1.29 is 120 Å². The number of carboxylic acid groups (broad SMARTS) is 1. The van der Waals surface area contributed by atoms with Crippen molar-refractivity contribution in [2.24, 2.45) is 35.5 Å². The Morgan fingerprint density at radius 2 is 0.707 bits per heavy atom. The highest BCUT2D eigenvalue weighted by Gasteiger charge is 2.35. The van der Waals surface area contributed by atoms with Gasteiger partial charge in [0, 0.05) is 51.1 Å². The maximum Gasteiger partial charge on any atom is 0.288 e. The topological polar surface area (TPSA) is 518 Å². The van der Waals surface area contributed by atoms with Crippen LogP contribution < -0.4 is 78.3 Å². The number of amides is 11. The van der Waals surface area contributed by atoms with Gasteiger partial charge >= 0.3 is 0 Å². The first-order valence-corrected chi connectivity index (χ1v) is 41.6. The molecule has 6 rings (SSSR count). The molecular formula is C87H129N13O23. The minimum absolute atomic E-state index is 0. The molecule has 6 aromatic rings. The van der Waals surface area contributed by atoms with Crippen LogP contribution in [0.1, 0.15) is 214 Å². The number of nitrogens with zero attached hydrogens (tertiary/aromatic N) is 2. The molecule has 0 radical (unpaired) electrons. The smallest absolute Gasteiger partial charge is 0.288 e. The lowest BCUT2D eigenvalue weighted by atomic mass is 9.84. The quantitative estimate of drug-likeness (QED) is 0.00561. The van der Waals surface area contributed by atoms with E-state index in [1.54, 1.807) is 91.8 Å². The predicted molar refractivity (Wildman–Crippen MR) is 454 cm³/mol. The van der Waals surface area contributed by atoms with Crippen LogP contribution in [0.5, 0.6) is 17.2 Å². The number of quaternary nitrogens is 2. The lowest BCUT2D eigenvalue weighted by Gasteiger charge is -2.24. The summed E-state index contributed by atoms with van der Waals surface area (Å²) in [6, 6.07) is 23.7. The van der Waals surface area contributed by atoms with E-state index in [9.17, 15) is 62.6 Å². The van der Waals surface area contributed by atoms with E-state index in [0.29, 0.717) is 125 Å². The third kappa shape index (κ3) is 35.4. The van der Waals surface area contributed by atoms with Gasteiger partial charge in [-0.25, -0.2) is 16.4 Å². The Kier molecular flexibility index (Phi) is 46.9. The number of methoxy groups -OCH3 is 1. The number of carbonyl (C=O) groups excluding carboxylic acids is 12. The molecule has 0 aliphatic carbocycles. The maximum atomic E-state index is 13.0. The molecular weight excluding hydrogens is 1600 g/mol. The number of aromatic carboxylic acids is 1. The number of nitrogens with one attached hydrogen (secondary N) is 11. The van der Waals surface area contributed by atoms with E-state index in [2.05, 4.69) is 42.5 Å². The molecule has 0 saturated heterocycles. The molecule has 0 aliphatic rings. The van der Waals surface area contributed by atoms with E-state index in [0.717, 1.165) is 70.9 Å². The number of carboxylic acids is 1. The fourth-order valence-corrected chi connectivity index (χ4v) is 13.2. The van der Waals surface area contributed by atoms with Crippen LogP contribution in [0, 0.1) is 35.5 Å². The third-order valence-corrected chi connectivity index (χ3v) is 19.9. The molecule has 0 spiro atoms. The van der Waals surface area contributed by atoms with Crippen LogP contribution >= 0.6 is 0 Å². The van der Waals surface area contributed by atoms with Gasteiger partial charge in [-0.15, -0.1) is 0 Å². The molecule has 36 nitrogen and oxygen atoms in total. The average molecular weight is 1730 g/mol. The lowest BCUT2D eigenvalue weighted by Crippen LogP contribution is -2.44. The van der Waals surface area contributed by atoms with Gasteiger partial charge in [-0.2, -0.15) is 0 Å². The Hall–Kier alpha value is -11.7. The van der Waals surface area contributed by atoms with E-state index in [1.165, 1.54) is 43.5 Å². The molecule has 0 aliphatic heterocycles. The molecule has 0 fully saturated rings. The number of hydrogen-bond acceptors (Lipinski definition) is 23. The van der Waals surface area contributed by atoms with Crippen molar-refractivity contribution in [3.8, 4) is 51.2 Å². The second-order valence-corrected chi connectivity index (χ2v) is 31.0. The molecule has 3 aromatic heterocycles. The molecule has 15 N–H and O–H groups in total. The summed E-state index contributed by atoms with van der Waals surface area (Å²) in [5.74, 6) is -8.53. The highest BCUT2D eigenvalue weighted by molar-refractivity contribution is 5.99. The van der Waals surface area contributed by atoms with Gasteiger partial charge in [-0.05, 0) is 143 Å². The number of rotatable bonds is 50. The van der Waals surface area contributed by atoms with E-state index in [-0.39, 0.29) is 83.5 Å². The second kappa shape index (κ2) is 54.6. The zero-order chi connectivity index (χ0) is 90.7. The van der Waals surface area contributed by atoms with E-state index < -0.39 is 82.8 Å². The minimum atomic E-state index is -1.41. The SMILES string of the molecule is CCCCC[C@@H](C(=O)NCNC(=O)c1ccc(-c2cc(OCC)cc(C(=O)NCC[N+](C)(C)C)c2)o1)[C@@H](CC)C(=O)NO.CCCCC[C@@H](C(=O)NCNC(=O)c1ccc(-c2cc(OCC)cc(C(=O)NCC[N+](C)(C)C)c2)o1)[C@@H](CC)C(=O)NO.CCCCC[C@@H](C(=O)NCNC(=O)c1ccc(-c2ccc(OC)c(C(=O)[O-])c2)o1)[C@@H](CC)C(=O)NO.[OH-]. The number of furan rings is 3. The average Bonchev–Trinajstić information content (AvgIpc) is 1.75. The number of carbonyl (C=O) groups is 12. The first kappa shape index (κ1) is 105. The summed E-state index contributed by atoms with van der Waals surface area (Å²) in [6.07, 6.45) is 10.4. The Bertz CT molecular complexity index is 4180. The molecule has 0 saturated carbocycles. The van der Waals surface area contributed by atoms with Gasteiger partial charge in [0.1, 0.15) is 34.5 Å². The van der Waals surface area contributed by atoms with Gasteiger partial charge in [0.15, 0.2) is 17.3 Å². The Morgan fingerprint density at radius 1 is 0.382 bits per heavy atom. The number of hydrogen-bond donors (Lipinski definition) is 14. The molecule has 3 heterocycles. The number of benzene rings is 3. The van der Waals surface area contributed by atoms with E-state index in [1.807, 2.05) is 76.9 Å². The largest absolute Gasteiger partial charge is 0.870 e. The van der Waals surface area contributed by atoms with Gasteiger partial charge in [0.2, 0.25) is 35.4 Å². The Morgan fingerprint density at radius 3 is 0.984 bits per heavy atom. The molecule has 123 heavy (non-hydrogen) atoms. The first-order valence-electron chi connectivity index (χ1n) is 41.6. The van der Waals surface area contributed by atoms with Crippen LogP contribution in [0.4, 0.5) is 0 Å². The summed E-state index contributed by atoms with van der Waals surface area (Å²) in [6.45, 7) is 17.9. The summed E-state index contributed by atoms with van der Waals surface area (Å²) >= 11 is 0. The normalized spacial score (nSPS) is 12.4. The summed E-state index contributed by atoms with van der Waals surface area (Å²) in [4.78, 5) is 150. The standard InChI is InChI=1S/2C31H47N5O7.C25H33N3O8.H2O/c2*1-7-10-11-12-25(24(8-2)30(39)35-41)29(38)33-20-34-31(40)27-14-13-26(43-27)21-17-22(19-23(18-21)42-9-3)28(37)32-15-16-36(4,5)6;1-4-6-7-8-17(16(5-2)23(30)28-34)22(29)26-14-27-24(31)21-12-11-19(36-21)15-9-10-20(35-3)18(13-15)25(32)33;/h2*13-14,17-19,24-25H,7-12,15-16,20H2,1-6H3,(H4-,32,33,34,35,37,38,39,40,41);9-13,16-17,34H,4-8,14H2,1-3H3,(H,26,29)(H,27,31)(H,28,30)(H,32,33);1H2/t2*24-,25-;16-,17-;/m111./s1. The molecule has 3 aromatic carbocycles. The van der Waals surface area contributed by atoms with Crippen LogP contribution in [0.3, 0.4) is 0 Å². The van der Waals surface area contributed by atoms with Gasteiger partial charge < -0.3 is 94.3 Å². The molecule has 6 atom stereocenters. The second-order valence-electron chi connectivity index (χ2n) is 31.0. The van der Waals surface area contributed by atoms with Crippen LogP contribution in [-0.4, -0.2) is 210 Å². The summed E-state index contributed by atoms with van der Waals surface area (Å²) in [7, 11) is 13.6. The summed E-state index contributed by atoms with van der Waals surface area (Å²) < 4.78 is 34.9. The molecule has 0 bridgehead atoms. The van der Waals surface area contributed by atoms with Crippen LogP contribution in [-0.2, 0) is 28.8 Å². The van der Waals surface area contributed by atoms with Gasteiger partial charge in [0.05, 0.1) is 133 Å². The molecule has 36 heteroatoms. The molecule has 680 valence electrons. The predicted octanol–water partition coefficient (Wildman–Crippen LogP) is 8.30. The van der Waals surface area contributed by atoms with Crippen molar-refractivity contribution in [2.45, 2.75) is 152 Å². The molecule has 0 unspecified atom stereocenters. The number of hydroxylamine groups is 3. The fourth-order valence-electron chi connectivity index (χ4n) is 13.2. The van der Waals surface area contributed by atoms with E-state index in [4.69, 9.17) is 43.1 Å². The number of likely N-dealkylation sites (N-methyl/N-ethyl adjacent to an activating group) is 2. The van der Waals surface area contributed by atoms with Crippen LogP contribution in [0.15, 0.2) is 104 Å². The van der Waals surface area contributed by atoms with E-state index >= 15 is 0 Å². The minimum Gasteiger partial charge on any atom is -0.870 e. The lowest BCUT2D eigenvalue weighted by molar-refractivity contribution is -0.869. The van der Waals surface area contributed by atoms with Crippen molar-refractivity contribution in [2.75, 3.05) is 109 Å². The molecule has 11 amide bonds. The number of unbranched alkanes of at least 4 members (excludes halogenated alkanes) is 6. The highest BCUT2D eigenvalue weighted by atomic mass is 16.5. The van der Waals surface area contributed by atoms with Crippen LogP contribution in [0.2, 0.25) is 0 Å². The van der Waals surface area contributed by atoms with Crippen molar-refractivity contribution in [1.82, 2.24) is 59.0 Å². The monoisotopic (exact) mass is 1720 g/mol. The van der Waals surface area contributed by atoms with Gasteiger partial charge in [0.25, 0.3) is 29.5 Å².